The fourth-order valence-corrected chi connectivity index (χ4v) is 4.43. The van der Waals surface area contributed by atoms with E-state index < -0.39 is 0 Å². The van der Waals surface area contributed by atoms with Gasteiger partial charge in [-0.25, -0.2) is 0 Å². The van der Waals surface area contributed by atoms with Crippen molar-refractivity contribution in [3.63, 3.8) is 0 Å². The van der Waals surface area contributed by atoms with Crippen molar-refractivity contribution in [2.45, 2.75) is 13.8 Å². The predicted molar refractivity (Wildman–Crippen MR) is 137 cm³/mol. The third-order valence-corrected chi connectivity index (χ3v) is 6.29. The average molecular weight is 481 g/mol. The van der Waals surface area contributed by atoms with E-state index in [0.717, 1.165) is 11.1 Å². The summed E-state index contributed by atoms with van der Waals surface area (Å²) in [5, 5.41) is 14.3. The fraction of sp³-hybridized carbons (Fsp3) is 0.185. The van der Waals surface area contributed by atoms with Crippen LogP contribution in [0.25, 0.3) is 33.3 Å². The van der Waals surface area contributed by atoms with E-state index in [-0.39, 0.29) is 16.8 Å². The topological polar surface area (TPSA) is 111 Å². The van der Waals surface area contributed by atoms with Gasteiger partial charge in [-0.2, -0.15) is 10.4 Å². The number of hydrogen-bond donors (Lipinski definition) is 1. The molecule has 0 saturated carbocycles. The summed E-state index contributed by atoms with van der Waals surface area (Å²) in [6.45, 7) is 3.93. The second kappa shape index (κ2) is 8.43. The van der Waals surface area contributed by atoms with Crippen molar-refractivity contribution in [3.05, 3.63) is 86.5 Å². The van der Waals surface area contributed by atoms with Crippen molar-refractivity contribution in [2.75, 3.05) is 0 Å². The predicted octanol–water partition coefficient (Wildman–Crippen LogP) is 3.91. The number of rotatable bonds is 4. The molecular weight excluding hydrogens is 456 g/mol. The van der Waals surface area contributed by atoms with E-state index in [2.05, 4.69) is 16.2 Å². The Morgan fingerprint density at radius 2 is 1.67 bits per heavy atom. The summed E-state index contributed by atoms with van der Waals surface area (Å²) >= 11 is 0. The van der Waals surface area contributed by atoms with E-state index >= 15 is 0 Å². The van der Waals surface area contributed by atoms with Gasteiger partial charge in [-0.1, -0.05) is 18.2 Å². The molecule has 0 saturated heterocycles. The lowest BCUT2D eigenvalue weighted by Crippen LogP contribution is -2.18. The molecule has 0 unspecified atom stereocenters. The zero-order chi connectivity index (χ0) is 25.7. The average Bonchev–Trinajstić information content (AvgIpc) is 3.44. The van der Waals surface area contributed by atoms with E-state index in [1.54, 1.807) is 44.4 Å². The minimum atomic E-state index is -0.233. The molecule has 4 heterocycles. The molecule has 0 aliphatic heterocycles. The molecule has 0 amide bonds. The first-order valence-electron chi connectivity index (χ1n) is 11.3. The number of hydrogen-bond acceptors (Lipinski definition) is 5. The van der Waals surface area contributed by atoms with E-state index in [4.69, 9.17) is 4.74 Å². The van der Waals surface area contributed by atoms with E-state index in [1.165, 1.54) is 15.2 Å². The van der Waals surface area contributed by atoms with Crippen LogP contribution in [0.15, 0.2) is 58.5 Å². The Bertz CT molecular complexity index is 1810. The van der Waals surface area contributed by atoms with Crippen LogP contribution in [0, 0.1) is 25.2 Å². The van der Waals surface area contributed by atoms with Crippen molar-refractivity contribution in [3.8, 4) is 40.0 Å². The van der Waals surface area contributed by atoms with Crippen LogP contribution in [0.5, 0.6) is 11.5 Å². The molecule has 5 rings (SSSR count). The van der Waals surface area contributed by atoms with Crippen LogP contribution in [0.4, 0.5) is 0 Å². The number of nitriles is 1. The summed E-state index contributed by atoms with van der Waals surface area (Å²) in [7, 11) is 5.05. The maximum atomic E-state index is 13.1. The third kappa shape index (κ3) is 3.69. The molecule has 0 aliphatic carbocycles. The zero-order valence-corrected chi connectivity index (χ0v) is 20.6. The lowest BCUT2D eigenvalue weighted by Gasteiger charge is -2.17. The minimum Gasteiger partial charge on any atom is -0.455 e. The first-order valence-corrected chi connectivity index (χ1v) is 11.3. The Balaban J connectivity index is 1.79. The number of nitrogens with one attached hydrogen (secondary N) is 1. The lowest BCUT2D eigenvalue weighted by molar-refractivity contribution is 0.470. The van der Waals surface area contributed by atoms with Crippen molar-refractivity contribution in [1.82, 2.24) is 23.9 Å². The molecule has 180 valence electrons. The molecule has 0 aliphatic rings. The molecular formula is C27H24N6O3. The smallest absolute Gasteiger partial charge is 0.274 e. The van der Waals surface area contributed by atoms with E-state index in [0.29, 0.717) is 44.8 Å². The SMILES string of the molecule is Cc1cccc(C)c1Oc1cn(C)c(=O)cc1-c1cn(C)c(=O)c2[nH]c(-c3cn(C)nc3C#N)cc12. The van der Waals surface area contributed by atoms with Crippen LogP contribution in [0.3, 0.4) is 0 Å². The quantitative estimate of drug-likeness (QED) is 0.419. The third-order valence-electron chi connectivity index (χ3n) is 6.29. The van der Waals surface area contributed by atoms with Gasteiger partial charge in [0, 0.05) is 56.1 Å². The van der Waals surface area contributed by atoms with Gasteiger partial charge in [-0.05, 0) is 31.0 Å². The number of fused-ring (bicyclic) bond motifs is 1. The Morgan fingerprint density at radius 1 is 0.944 bits per heavy atom. The van der Waals surface area contributed by atoms with Gasteiger partial charge in [0.1, 0.15) is 17.3 Å². The van der Waals surface area contributed by atoms with Gasteiger partial charge in [0.05, 0.1) is 17.5 Å². The van der Waals surface area contributed by atoms with Crippen LogP contribution in [-0.4, -0.2) is 23.9 Å². The molecule has 1 aromatic carbocycles. The van der Waals surface area contributed by atoms with E-state index in [9.17, 15) is 14.9 Å². The summed E-state index contributed by atoms with van der Waals surface area (Å²) in [6, 6.07) is 11.3. The van der Waals surface area contributed by atoms with Gasteiger partial charge in [0.15, 0.2) is 11.4 Å². The largest absolute Gasteiger partial charge is 0.455 e. The summed E-state index contributed by atoms with van der Waals surface area (Å²) in [6.07, 6.45) is 5.08. The van der Waals surface area contributed by atoms with Crippen LogP contribution in [0.1, 0.15) is 16.8 Å². The molecule has 0 fully saturated rings. The first kappa shape index (κ1) is 22.9. The summed E-state index contributed by atoms with van der Waals surface area (Å²) < 4.78 is 10.9. The molecule has 4 aromatic heterocycles. The van der Waals surface area contributed by atoms with Crippen LogP contribution >= 0.6 is 0 Å². The normalized spacial score (nSPS) is 11.1. The first-order chi connectivity index (χ1) is 17.2. The van der Waals surface area contributed by atoms with Crippen LogP contribution in [-0.2, 0) is 21.1 Å². The highest BCUT2D eigenvalue weighted by atomic mass is 16.5. The zero-order valence-electron chi connectivity index (χ0n) is 20.6. The van der Waals surface area contributed by atoms with Crippen molar-refractivity contribution in [1.29, 1.82) is 5.26 Å². The number of H-pyrrole nitrogens is 1. The molecule has 1 N–H and O–H groups in total. The molecule has 5 aromatic rings. The molecule has 9 heteroatoms. The monoisotopic (exact) mass is 480 g/mol. The van der Waals surface area contributed by atoms with Crippen molar-refractivity contribution >= 4 is 10.9 Å². The van der Waals surface area contributed by atoms with Gasteiger partial charge >= 0.3 is 0 Å². The molecule has 0 spiro atoms. The summed E-state index contributed by atoms with van der Waals surface area (Å²) in [5.41, 5.74) is 4.45. The Hall–Kier alpha value is -4.84. The number of benzene rings is 1. The lowest BCUT2D eigenvalue weighted by atomic mass is 10.0. The second-order valence-corrected chi connectivity index (χ2v) is 8.93. The highest BCUT2D eigenvalue weighted by Gasteiger charge is 2.20. The van der Waals surface area contributed by atoms with Gasteiger partial charge < -0.3 is 18.9 Å². The number of nitrogens with zero attached hydrogens (tertiary/aromatic N) is 5. The number of para-hydroxylation sites is 1. The minimum absolute atomic E-state index is 0.212. The number of aromatic nitrogens is 5. The van der Waals surface area contributed by atoms with Gasteiger partial charge in [0.2, 0.25) is 0 Å². The van der Waals surface area contributed by atoms with Gasteiger partial charge in [-0.15, -0.1) is 0 Å². The highest BCUT2D eigenvalue weighted by Crippen LogP contribution is 2.38. The molecule has 0 radical (unpaired) electrons. The summed E-state index contributed by atoms with van der Waals surface area (Å²) in [5.74, 6) is 1.19. The summed E-state index contributed by atoms with van der Waals surface area (Å²) in [4.78, 5) is 29.0. The molecule has 9 nitrogen and oxygen atoms in total. The van der Waals surface area contributed by atoms with Crippen LogP contribution in [0.2, 0.25) is 0 Å². The Morgan fingerprint density at radius 3 is 2.36 bits per heavy atom. The number of aromatic amines is 1. The Kier molecular flexibility index (Phi) is 5.37. The van der Waals surface area contributed by atoms with Crippen LogP contribution < -0.4 is 15.9 Å². The van der Waals surface area contributed by atoms with Gasteiger partial charge in [0.25, 0.3) is 11.1 Å². The standard InChI is InChI=1S/C27H24N6O3/c1-15-7-6-8-16(2)26(15)36-23-14-31(3)24(34)10-17(23)19-12-32(4)27(35)25-18(19)9-21(29-25)20-13-33(5)30-22(20)11-28/h6-10,12-14,29H,1-5H3. The van der Waals surface area contributed by atoms with Crippen molar-refractivity contribution in [2.24, 2.45) is 21.1 Å². The second-order valence-electron chi connectivity index (χ2n) is 8.93. The van der Waals surface area contributed by atoms with Gasteiger partial charge in [-0.3, -0.25) is 14.3 Å². The number of pyridine rings is 2. The van der Waals surface area contributed by atoms with Crippen molar-refractivity contribution < 1.29 is 4.74 Å². The molecule has 0 atom stereocenters. The van der Waals surface area contributed by atoms with E-state index in [1.807, 2.05) is 38.1 Å². The number of ether oxygens (including phenoxy) is 1. The molecule has 36 heavy (non-hydrogen) atoms. The fourth-order valence-electron chi connectivity index (χ4n) is 4.43. The maximum absolute atomic E-state index is 13.1. The molecule has 0 bridgehead atoms. The highest BCUT2D eigenvalue weighted by molar-refractivity contribution is 5.98. The maximum Gasteiger partial charge on any atom is 0.274 e. The Labute approximate surface area is 206 Å². The number of aryl methyl sites for hydroxylation is 5.